The van der Waals surface area contributed by atoms with Crippen molar-refractivity contribution in [1.82, 2.24) is 5.32 Å². The SMILES string of the molecule is CCCSCCCCCCCCCC(=O)N[C@@H](Cc1ccccc1)C(=O)O. The summed E-state index contributed by atoms with van der Waals surface area (Å²) in [5.74, 6) is 1.41. The summed E-state index contributed by atoms with van der Waals surface area (Å²) in [4.78, 5) is 23.4. The first-order valence-corrected chi connectivity index (χ1v) is 11.4. The van der Waals surface area contributed by atoms with Gasteiger partial charge in [0.05, 0.1) is 0 Å². The predicted octanol–water partition coefficient (Wildman–Crippen LogP) is 5.06. The number of hydrogen-bond donors (Lipinski definition) is 2. The predicted molar refractivity (Wildman–Crippen MR) is 114 cm³/mol. The van der Waals surface area contributed by atoms with E-state index < -0.39 is 12.0 Å². The fourth-order valence-corrected chi connectivity index (χ4v) is 3.84. The van der Waals surface area contributed by atoms with Crippen molar-refractivity contribution in [2.45, 2.75) is 77.2 Å². The fraction of sp³-hybridized carbons (Fsp3) is 0.636. The maximum absolute atomic E-state index is 12.0. The summed E-state index contributed by atoms with van der Waals surface area (Å²) < 4.78 is 0. The lowest BCUT2D eigenvalue weighted by molar-refractivity contribution is -0.141. The molecular weight excluding hydrogens is 358 g/mol. The van der Waals surface area contributed by atoms with Gasteiger partial charge in [0.15, 0.2) is 0 Å². The van der Waals surface area contributed by atoms with E-state index in [1.807, 2.05) is 42.1 Å². The van der Waals surface area contributed by atoms with E-state index in [2.05, 4.69) is 12.2 Å². The zero-order chi connectivity index (χ0) is 19.7. The van der Waals surface area contributed by atoms with Crippen molar-refractivity contribution in [2.24, 2.45) is 0 Å². The van der Waals surface area contributed by atoms with Gasteiger partial charge in [-0.2, -0.15) is 11.8 Å². The molecule has 0 radical (unpaired) electrons. The molecule has 0 heterocycles. The number of amides is 1. The van der Waals surface area contributed by atoms with E-state index in [0.717, 1.165) is 24.8 Å². The lowest BCUT2D eigenvalue weighted by Gasteiger charge is -2.14. The Hall–Kier alpha value is -1.49. The van der Waals surface area contributed by atoms with Crippen molar-refractivity contribution in [3.05, 3.63) is 35.9 Å². The number of carbonyl (C=O) groups excluding carboxylic acids is 1. The number of carbonyl (C=O) groups is 2. The fourth-order valence-electron chi connectivity index (χ4n) is 2.94. The summed E-state index contributed by atoms with van der Waals surface area (Å²) in [6.07, 6.45) is 10.1. The molecule has 0 unspecified atom stereocenters. The van der Waals surface area contributed by atoms with Gasteiger partial charge in [-0.1, -0.05) is 69.4 Å². The number of aliphatic carboxylic acids is 1. The highest BCUT2D eigenvalue weighted by atomic mass is 32.2. The first kappa shape index (κ1) is 23.5. The number of hydrogen-bond acceptors (Lipinski definition) is 3. The van der Waals surface area contributed by atoms with E-state index in [-0.39, 0.29) is 5.91 Å². The second-order valence-electron chi connectivity index (χ2n) is 6.99. The van der Waals surface area contributed by atoms with Crippen molar-refractivity contribution in [1.29, 1.82) is 0 Å². The highest BCUT2D eigenvalue weighted by Gasteiger charge is 2.19. The van der Waals surface area contributed by atoms with Crippen LogP contribution in [0.3, 0.4) is 0 Å². The lowest BCUT2D eigenvalue weighted by atomic mass is 10.1. The van der Waals surface area contributed by atoms with Gasteiger partial charge in [-0.15, -0.1) is 0 Å². The van der Waals surface area contributed by atoms with Gasteiger partial charge < -0.3 is 10.4 Å². The third-order valence-corrected chi connectivity index (χ3v) is 5.73. The van der Waals surface area contributed by atoms with Crippen molar-refractivity contribution in [2.75, 3.05) is 11.5 Å². The Morgan fingerprint density at radius 2 is 1.59 bits per heavy atom. The van der Waals surface area contributed by atoms with Crippen molar-refractivity contribution in [3.8, 4) is 0 Å². The molecule has 1 aromatic carbocycles. The smallest absolute Gasteiger partial charge is 0.326 e. The number of nitrogens with one attached hydrogen (secondary N) is 1. The van der Waals surface area contributed by atoms with Gasteiger partial charge in [0, 0.05) is 12.8 Å². The summed E-state index contributed by atoms with van der Waals surface area (Å²) >= 11 is 2.05. The van der Waals surface area contributed by atoms with Crippen molar-refractivity contribution < 1.29 is 14.7 Å². The number of rotatable bonds is 16. The molecule has 1 rings (SSSR count). The Morgan fingerprint density at radius 3 is 2.22 bits per heavy atom. The van der Waals surface area contributed by atoms with E-state index >= 15 is 0 Å². The first-order chi connectivity index (χ1) is 13.1. The van der Waals surface area contributed by atoms with Gasteiger partial charge in [0.25, 0.3) is 0 Å². The van der Waals surface area contributed by atoms with Crippen molar-refractivity contribution >= 4 is 23.6 Å². The molecule has 0 aliphatic rings. The second kappa shape index (κ2) is 15.6. The van der Waals surface area contributed by atoms with Gasteiger partial charge in [-0.3, -0.25) is 4.79 Å². The topological polar surface area (TPSA) is 66.4 Å². The molecule has 0 aliphatic carbocycles. The Bertz CT molecular complexity index is 522. The number of benzene rings is 1. The molecule has 1 atom stereocenters. The van der Waals surface area contributed by atoms with Crippen LogP contribution in [0, 0.1) is 0 Å². The molecule has 0 aromatic heterocycles. The Labute approximate surface area is 168 Å². The van der Waals surface area contributed by atoms with Crippen LogP contribution in [0.4, 0.5) is 0 Å². The van der Waals surface area contributed by atoms with Crippen LogP contribution in [0.25, 0.3) is 0 Å². The highest BCUT2D eigenvalue weighted by Crippen LogP contribution is 2.12. The van der Waals surface area contributed by atoms with Gasteiger partial charge in [-0.05, 0) is 36.3 Å². The molecule has 1 amide bonds. The van der Waals surface area contributed by atoms with Gasteiger partial charge in [-0.25, -0.2) is 4.79 Å². The molecule has 152 valence electrons. The van der Waals surface area contributed by atoms with E-state index in [1.165, 1.54) is 43.6 Å². The lowest BCUT2D eigenvalue weighted by Crippen LogP contribution is -2.42. The number of carboxylic acid groups (broad SMARTS) is 1. The number of carboxylic acids is 1. The molecule has 0 spiro atoms. The molecule has 27 heavy (non-hydrogen) atoms. The molecule has 0 aliphatic heterocycles. The summed E-state index contributed by atoms with van der Waals surface area (Å²) in [6, 6.07) is 8.55. The maximum Gasteiger partial charge on any atom is 0.326 e. The van der Waals surface area contributed by atoms with Gasteiger partial charge >= 0.3 is 5.97 Å². The maximum atomic E-state index is 12.0. The molecule has 0 bridgehead atoms. The van der Waals surface area contributed by atoms with Gasteiger partial charge in [0.2, 0.25) is 5.91 Å². The van der Waals surface area contributed by atoms with E-state index in [4.69, 9.17) is 0 Å². The zero-order valence-corrected chi connectivity index (χ0v) is 17.4. The Morgan fingerprint density at radius 1 is 0.963 bits per heavy atom. The second-order valence-corrected chi connectivity index (χ2v) is 8.21. The minimum Gasteiger partial charge on any atom is -0.480 e. The van der Waals surface area contributed by atoms with E-state index in [0.29, 0.717) is 12.8 Å². The summed E-state index contributed by atoms with van der Waals surface area (Å²) in [5, 5.41) is 12.0. The van der Waals surface area contributed by atoms with Gasteiger partial charge in [0.1, 0.15) is 6.04 Å². The molecule has 4 nitrogen and oxygen atoms in total. The molecule has 0 saturated carbocycles. The van der Waals surface area contributed by atoms with Crippen LogP contribution in [-0.4, -0.2) is 34.5 Å². The summed E-state index contributed by atoms with van der Waals surface area (Å²) in [7, 11) is 0. The van der Waals surface area contributed by atoms with E-state index in [9.17, 15) is 14.7 Å². The highest BCUT2D eigenvalue weighted by molar-refractivity contribution is 7.99. The summed E-state index contributed by atoms with van der Waals surface area (Å²) in [5.41, 5.74) is 0.915. The Balaban J connectivity index is 2.07. The molecule has 2 N–H and O–H groups in total. The van der Waals surface area contributed by atoms with Crippen molar-refractivity contribution in [3.63, 3.8) is 0 Å². The number of unbranched alkanes of at least 4 members (excludes halogenated alkanes) is 6. The van der Waals surface area contributed by atoms with Crippen LogP contribution in [0.1, 0.15) is 70.3 Å². The zero-order valence-electron chi connectivity index (χ0n) is 16.6. The molecule has 1 aromatic rings. The standard InChI is InChI=1S/C22H35NO3S/c1-2-16-27-17-12-7-5-3-4-6-11-15-21(24)23-20(22(25)26)18-19-13-9-8-10-14-19/h8-10,13-14,20H,2-7,11-12,15-18H2,1H3,(H,23,24)(H,25,26)/t20-/m0/s1. The third-order valence-electron chi connectivity index (χ3n) is 4.46. The minimum absolute atomic E-state index is 0.161. The van der Waals surface area contributed by atoms with Crippen LogP contribution in [-0.2, 0) is 16.0 Å². The molecule has 0 saturated heterocycles. The van der Waals surface area contributed by atoms with Crippen LogP contribution < -0.4 is 5.32 Å². The van der Waals surface area contributed by atoms with E-state index in [1.54, 1.807) is 0 Å². The number of thioether (sulfide) groups is 1. The molecule has 0 fully saturated rings. The molecule has 5 heteroatoms. The average Bonchev–Trinajstić information content (AvgIpc) is 2.66. The normalized spacial score (nSPS) is 11.9. The van der Waals surface area contributed by atoms with Crippen LogP contribution in [0.5, 0.6) is 0 Å². The van der Waals surface area contributed by atoms with Crippen LogP contribution >= 0.6 is 11.8 Å². The largest absolute Gasteiger partial charge is 0.480 e. The quantitative estimate of drug-likeness (QED) is 0.385. The Kier molecular flexibility index (Phi) is 13.6. The average molecular weight is 394 g/mol. The first-order valence-electron chi connectivity index (χ1n) is 10.3. The van der Waals surface area contributed by atoms with Crippen LogP contribution in [0.2, 0.25) is 0 Å². The monoisotopic (exact) mass is 393 g/mol. The molecular formula is C22H35NO3S. The third kappa shape index (κ3) is 12.5. The van der Waals surface area contributed by atoms with Crippen LogP contribution in [0.15, 0.2) is 30.3 Å². The summed E-state index contributed by atoms with van der Waals surface area (Å²) in [6.45, 7) is 2.22. The minimum atomic E-state index is -0.982.